The number of ether oxygens (including phenoxy) is 2. The van der Waals surface area contributed by atoms with Gasteiger partial charge in [-0.25, -0.2) is 0 Å². The van der Waals surface area contributed by atoms with Gasteiger partial charge in [0.25, 0.3) is 0 Å². The standard InChI is InChI=1S/C12H16O4/c13-11-6-10(16-12(11)14)8-15-7-9-4-2-1-3-5-9/h1-5,10-14H,6-8H2/t10-,11+,12?/m0/s1. The summed E-state index contributed by atoms with van der Waals surface area (Å²) in [5, 5.41) is 18.4. The molecule has 0 aliphatic carbocycles. The molecule has 1 unspecified atom stereocenters. The minimum absolute atomic E-state index is 0.214. The summed E-state index contributed by atoms with van der Waals surface area (Å²) in [7, 11) is 0. The lowest BCUT2D eigenvalue weighted by atomic mass is 10.2. The van der Waals surface area contributed by atoms with Gasteiger partial charge in [0.1, 0.15) is 6.10 Å². The zero-order chi connectivity index (χ0) is 11.4. The number of aliphatic hydroxyl groups is 2. The van der Waals surface area contributed by atoms with Gasteiger partial charge >= 0.3 is 0 Å². The summed E-state index contributed by atoms with van der Waals surface area (Å²) in [6.45, 7) is 0.913. The van der Waals surface area contributed by atoms with Crippen LogP contribution in [0.4, 0.5) is 0 Å². The molecule has 0 aromatic heterocycles. The SMILES string of the molecule is OC1O[C@H](COCc2ccccc2)C[C@H]1O. The van der Waals surface area contributed by atoms with E-state index in [0.717, 1.165) is 5.56 Å². The van der Waals surface area contributed by atoms with Crippen LogP contribution in [0.25, 0.3) is 0 Å². The molecule has 3 atom stereocenters. The first kappa shape index (κ1) is 11.5. The molecule has 0 saturated carbocycles. The van der Waals surface area contributed by atoms with Crippen LogP contribution in [-0.2, 0) is 16.1 Å². The highest BCUT2D eigenvalue weighted by atomic mass is 16.6. The Hall–Kier alpha value is -0.940. The van der Waals surface area contributed by atoms with E-state index >= 15 is 0 Å². The molecule has 4 heteroatoms. The van der Waals surface area contributed by atoms with Crippen molar-refractivity contribution in [2.24, 2.45) is 0 Å². The molecule has 88 valence electrons. The fourth-order valence-electron chi connectivity index (χ4n) is 1.72. The Bertz CT molecular complexity index is 304. The van der Waals surface area contributed by atoms with E-state index in [9.17, 15) is 5.11 Å². The van der Waals surface area contributed by atoms with Crippen LogP contribution in [-0.4, -0.2) is 35.3 Å². The van der Waals surface area contributed by atoms with Crippen molar-refractivity contribution in [3.8, 4) is 0 Å². The number of benzene rings is 1. The second kappa shape index (κ2) is 5.41. The van der Waals surface area contributed by atoms with Crippen molar-refractivity contribution in [3.63, 3.8) is 0 Å². The Morgan fingerprint density at radius 3 is 2.62 bits per heavy atom. The Labute approximate surface area is 94.4 Å². The highest BCUT2D eigenvalue weighted by Crippen LogP contribution is 2.18. The monoisotopic (exact) mass is 224 g/mol. The fraction of sp³-hybridized carbons (Fsp3) is 0.500. The van der Waals surface area contributed by atoms with Crippen molar-refractivity contribution in [1.29, 1.82) is 0 Å². The van der Waals surface area contributed by atoms with Gasteiger partial charge in [-0.05, 0) is 5.56 Å². The molecule has 1 saturated heterocycles. The summed E-state index contributed by atoms with van der Waals surface area (Å²) < 4.78 is 10.5. The average molecular weight is 224 g/mol. The summed E-state index contributed by atoms with van der Waals surface area (Å²) in [4.78, 5) is 0. The van der Waals surface area contributed by atoms with Crippen molar-refractivity contribution in [3.05, 3.63) is 35.9 Å². The Balaban J connectivity index is 1.69. The van der Waals surface area contributed by atoms with Gasteiger partial charge in [-0.2, -0.15) is 0 Å². The maximum Gasteiger partial charge on any atom is 0.181 e. The third-order valence-electron chi connectivity index (χ3n) is 2.58. The number of rotatable bonds is 4. The molecule has 0 amide bonds. The first-order valence-corrected chi connectivity index (χ1v) is 5.39. The minimum atomic E-state index is -1.06. The maximum absolute atomic E-state index is 9.25. The molecule has 1 aliphatic rings. The minimum Gasteiger partial charge on any atom is -0.388 e. The molecule has 2 N–H and O–H groups in total. The van der Waals surface area contributed by atoms with Gasteiger partial charge in [0, 0.05) is 6.42 Å². The van der Waals surface area contributed by atoms with E-state index in [4.69, 9.17) is 14.6 Å². The first-order valence-electron chi connectivity index (χ1n) is 5.39. The fourth-order valence-corrected chi connectivity index (χ4v) is 1.72. The Kier molecular flexibility index (Phi) is 3.90. The molecule has 4 nitrogen and oxygen atoms in total. The topological polar surface area (TPSA) is 58.9 Å². The normalized spacial score (nSPS) is 29.5. The predicted octanol–water partition coefficient (Wildman–Crippen LogP) is 0.671. The zero-order valence-corrected chi connectivity index (χ0v) is 8.95. The molecular formula is C12H16O4. The van der Waals surface area contributed by atoms with E-state index < -0.39 is 12.4 Å². The second-order valence-corrected chi connectivity index (χ2v) is 3.95. The van der Waals surface area contributed by atoms with Crippen LogP contribution in [0.2, 0.25) is 0 Å². The summed E-state index contributed by atoms with van der Waals surface area (Å²) >= 11 is 0. The van der Waals surface area contributed by atoms with Crippen LogP contribution in [0, 0.1) is 0 Å². The van der Waals surface area contributed by atoms with Gasteiger partial charge in [-0.1, -0.05) is 30.3 Å². The molecule has 1 aliphatic heterocycles. The van der Waals surface area contributed by atoms with Crippen LogP contribution in [0.5, 0.6) is 0 Å². The largest absolute Gasteiger partial charge is 0.388 e. The van der Waals surface area contributed by atoms with E-state index in [1.54, 1.807) is 0 Å². The van der Waals surface area contributed by atoms with Gasteiger partial charge < -0.3 is 19.7 Å². The molecule has 1 fully saturated rings. The molecule has 1 aromatic carbocycles. The lowest BCUT2D eigenvalue weighted by molar-refractivity contribution is -0.137. The number of aliphatic hydroxyl groups excluding tert-OH is 2. The molecule has 0 spiro atoms. The second-order valence-electron chi connectivity index (χ2n) is 3.95. The third-order valence-corrected chi connectivity index (χ3v) is 2.58. The van der Waals surface area contributed by atoms with Crippen molar-refractivity contribution < 1.29 is 19.7 Å². The van der Waals surface area contributed by atoms with Gasteiger partial charge in [0.15, 0.2) is 6.29 Å². The molecule has 0 bridgehead atoms. The van der Waals surface area contributed by atoms with Crippen molar-refractivity contribution in [1.82, 2.24) is 0 Å². The van der Waals surface area contributed by atoms with E-state index in [1.807, 2.05) is 30.3 Å². The van der Waals surface area contributed by atoms with E-state index in [0.29, 0.717) is 19.6 Å². The molecular weight excluding hydrogens is 208 g/mol. The molecule has 16 heavy (non-hydrogen) atoms. The van der Waals surface area contributed by atoms with Crippen LogP contribution < -0.4 is 0 Å². The summed E-state index contributed by atoms with van der Waals surface area (Å²) in [6.07, 6.45) is -1.64. The van der Waals surface area contributed by atoms with Gasteiger partial charge in [-0.15, -0.1) is 0 Å². The maximum atomic E-state index is 9.25. The van der Waals surface area contributed by atoms with Gasteiger partial charge in [0.2, 0.25) is 0 Å². The van der Waals surface area contributed by atoms with Crippen molar-refractivity contribution >= 4 is 0 Å². The number of hydrogen-bond acceptors (Lipinski definition) is 4. The van der Waals surface area contributed by atoms with E-state index in [2.05, 4.69) is 0 Å². The average Bonchev–Trinajstić information content (AvgIpc) is 2.60. The smallest absolute Gasteiger partial charge is 0.181 e. The predicted molar refractivity (Wildman–Crippen MR) is 57.6 cm³/mol. The molecule has 0 radical (unpaired) electrons. The Morgan fingerprint density at radius 2 is 2.00 bits per heavy atom. The lowest BCUT2D eigenvalue weighted by Crippen LogP contribution is -2.19. The first-order chi connectivity index (χ1) is 7.75. The van der Waals surface area contributed by atoms with Crippen LogP contribution in [0.1, 0.15) is 12.0 Å². The summed E-state index contributed by atoms with van der Waals surface area (Å²) in [5.74, 6) is 0. The molecule has 1 aromatic rings. The van der Waals surface area contributed by atoms with Crippen molar-refractivity contribution in [2.45, 2.75) is 31.5 Å². The quantitative estimate of drug-likeness (QED) is 0.789. The highest BCUT2D eigenvalue weighted by Gasteiger charge is 2.32. The molecule has 2 rings (SSSR count). The highest BCUT2D eigenvalue weighted by molar-refractivity contribution is 5.13. The van der Waals surface area contributed by atoms with Crippen LogP contribution >= 0.6 is 0 Å². The number of hydrogen-bond donors (Lipinski definition) is 2. The van der Waals surface area contributed by atoms with Gasteiger partial charge in [-0.3, -0.25) is 0 Å². The summed E-state index contributed by atoms with van der Waals surface area (Å²) in [5.41, 5.74) is 1.10. The van der Waals surface area contributed by atoms with Crippen LogP contribution in [0.3, 0.4) is 0 Å². The Morgan fingerprint density at radius 1 is 1.25 bits per heavy atom. The van der Waals surface area contributed by atoms with E-state index in [1.165, 1.54) is 0 Å². The van der Waals surface area contributed by atoms with Crippen molar-refractivity contribution in [2.75, 3.05) is 6.61 Å². The third kappa shape index (κ3) is 3.02. The zero-order valence-electron chi connectivity index (χ0n) is 8.95. The van der Waals surface area contributed by atoms with E-state index in [-0.39, 0.29) is 6.10 Å². The summed E-state index contributed by atoms with van der Waals surface area (Å²) in [6, 6.07) is 9.84. The lowest BCUT2D eigenvalue weighted by Gasteiger charge is -2.10. The molecule has 1 heterocycles. The van der Waals surface area contributed by atoms with Gasteiger partial charge in [0.05, 0.1) is 19.3 Å². The van der Waals surface area contributed by atoms with Crippen LogP contribution in [0.15, 0.2) is 30.3 Å².